The molecule has 0 aromatic carbocycles. The second kappa shape index (κ2) is 11.0. The number of aromatic nitrogens is 2. The van der Waals surface area contributed by atoms with Gasteiger partial charge in [-0.05, 0) is 18.8 Å². The Morgan fingerprint density at radius 2 is 1.88 bits per heavy atom. The van der Waals surface area contributed by atoms with Gasteiger partial charge in [-0.2, -0.15) is 4.98 Å². The van der Waals surface area contributed by atoms with Crippen molar-refractivity contribution in [3.8, 4) is 0 Å². The van der Waals surface area contributed by atoms with Gasteiger partial charge in [0.2, 0.25) is 11.8 Å². The molecular formula is C16H29Cl2N5O3. The summed E-state index contributed by atoms with van der Waals surface area (Å²) in [5.41, 5.74) is 6.21. The lowest BCUT2D eigenvalue weighted by Gasteiger charge is -2.37. The molecule has 2 saturated heterocycles. The van der Waals surface area contributed by atoms with E-state index in [-0.39, 0.29) is 36.6 Å². The van der Waals surface area contributed by atoms with Gasteiger partial charge >= 0.3 is 0 Å². The van der Waals surface area contributed by atoms with E-state index < -0.39 is 6.04 Å². The van der Waals surface area contributed by atoms with Crippen LogP contribution in [-0.2, 0) is 22.5 Å². The maximum atomic E-state index is 12.6. The minimum Gasteiger partial charge on any atom is -0.381 e. The van der Waals surface area contributed by atoms with E-state index >= 15 is 0 Å². The maximum Gasteiger partial charge on any atom is 0.239 e. The predicted octanol–water partition coefficient (Wildman–Crippen LogP) is 0.874. The van der Waals surface area contributed by atoms with Crippen molar-refractivity contribution < 1.29 is 14.1 Å². The van der Waals surface area contributed by atoms with Crippen molar-refractivity contribution >= 4 is 30.7 Å². The Morgan fingerprint density at radius 3 is 2.46 bits per heavy atom. The fourth-order valence-corrected chi connectivity index (χ4v) is 3.31. The second-order valence-corrected chi connectivity index (χ2v) is 6.53. The molecule has 1 atom stereocenters. The summed E-state index contributed by atoms with van der Waals surface area (Å²) in [7, 11) is 0. The quantitative estimate of drug-likeness (QED) is 0.769. The van der Waals surface area contributed by atoms with E-state index in [9.17, 15) is 4.79 Å². The topological polar surface area (TPSA) is 97.7 Å². The lowest BCUT2D eigenvalue weighted by atomic mass is 9.91. The molecule has 0 aliphatic carbocycles. The number of nitrogens with zero attached hydrogens (tertiary/aromatic N) is 4. The largest absolute Gasteiger partial charge is 0.381 e. The van der Waals surface area contributed by atoms with Crippen molar-refractivity contribution in [2.24, 2.45) is 11.7 Å². The molecule has 2 N–H and O–H groups in total. The van der Waals surface area contributed by atoms with Crippen LogP contribution in [0.5, 0.6) is 0 Å². The van der Waals surface area contributed by atoms with E-state index in [4.69, 9.17) is 15.0 Å². The highest BCUT2D eigenvalue weighted by molar-refractivity contribution is 5.85. The Hall–Kier alpha value is -0.930. The van der Waals surface area contributed by atoms with Gasteiger partial charge in [0.1, 0.15) is 0 Å². The molecule has 2 aliphatic heterocycles. The zero-order valence-electron chi connectivity index (χ0n) is 15.1. The summed E-state index contributed by atoms with van der Waals surface area (Å²) in [6, 6.07) is -0.398. The lowest BCUT2D eigenvalue weighted by Crippen LogP contribution is -2.55. The number of ether oxygens (including phenoxy) is 1. The van der Waals surface area contributed by atoms with Gasteiger partial charge in [-0.3, -0.25) is 9.69 Å². The number of hydrogen-bond donors (Lipinski definition) is 1. The smallest absolute Gasteiger partial charge is 0.239 e. The fourth-order valence-electron chi connectivity index (χ4n) is 3.31. The SMILES string of the molecule is CCc1nc(CN2CCN(C(=O)C(N)C3CCOCC3)CC2)no1.Cl.Cl. The zero-order chi connectivity index (χ0) is 16.9. The van der Waals surface area contributed by atoms with Crippen LogP contribution in [0.15, 0.2) is 4.52 Å². The van der Waals surface area contributed by atoms with E-state index in [1.54, 1.807) is 0 Å². The second-order valence-electron chi connectivity index (χ2n) is 6.53. The highest BCUT2D eigenvalue weighted by atomic mass is 35.5. The summed E-state index contributed by atoms with van der Waals surface area (Å²) >= 11 is 0. The molecule has 0 spiro atoms. The van der Waals surface area contributed by atoms with Gasteiger partial charge in [-0.1, -0.05) is 12.1 Å². The number of amides is 1. The van der Waals surface area contributed by atoms with Crippen LogP contribution in [0.3, 0.4) is 0 Å². The number of nitrogens with two attached hydrogens (primary N) is 1. The molecule has 1 unspecified atom stereocenters. The summed E-state index contributed by atoms with van der Waals surface area (Å²) in [4.78, 5) is 21.1. The van der Waals surface area contributed by atoms with E-state index in [0.717, 1.165) is 32.4 Å². The van der Waals surface area contributed by atoms with Gasteiger partial charge in [-0.15, -0.1) is 24.8 Å². The van der Waals surface area contributed by atoms with Gasteiger partial charge in [0.15, 0.2) is 5.82 Å². The number of carbonyl (C=O) groups is 1. The molecule has 1 aromatic heterocycles. The number of hydrogen-bond acceptors (Lipinski definition) is 7. The average molecular weight is 410 g/mol. The van der Waals surface area contributed by atoms with E-state index in [1.165, 1.54) is 0 Å². The Labute approximate surface area is 166 Å². The third-order valence-corrected chi connectivity index (χ3v) is 4.92. The Bertz CT molecular complexity index is 546. The third-order valence-electron chi connectivity index (χ3n) is 4.92. The molecule has 0 bridgehead atoms. The zero-order valence-corrected chi connectivity index (χ0v) is 16.8. The molecule has 150 valence electrons. The third kappa shape index (κ3) is 5.79. The van der Waals surface area contributed by atoms with Crippen LogP contribution >= 0.6 is 24.8 Å². The number of halogens is 2. The Morgan fingerprint density at radius 1 is 1.23 bits per heavy atom. The molecule has 3 rings (SSSR count). The van der Waals surface area contributed by atoms with Crippen molar-refractivity contribution in [3.05, 3.63) is 11.7 Å². The van der Waals surface area contributed by atoms with Gasteiger partial charge in [0, 0.05) is 45.8 Å². The first-order valence-electron chi connectivity index (χ1n) is 8.83. The van der Waals surface area contributed by atoms with Gasteiger partial charge in [-0.25, -0.2) is 0 Å². The summed E-state index contributed by atoms with van der Waals surface area (Å²) in [6.07, 6.45) is 2.51. The van der Waals surface area contributed by atoms with Crippen LogP contribution in [-0.4, -0.2) is 71.3 Å². The number of carbonyl (C=O) groups excluding carboxylic acids is 1. The summed E-state index contributed by atoms with van der Waals surface area (Å²) in [5, 5.41) is 3.98. The predicted molar refractivity (Wildman–Crippen MR) is 102 cm³/mol. The molecule has 26 heavy (non-hydrogen) atoms. The van der Waals surface area contributed by atoms with E-state index in [0.29, 0.717) is 44.6 Å². The van der Waals surface area contributed by atoms with Crippen LogP contribution in [0.25, 0.3) is 0 Å². The van der Waals surface area contributed by atoms with Crippen LogP contribution in [0, 0.1) is 5.92 Å². The first kappa shape index (κ1) is 23.1. The van der Waals surface area contributed by atoms with Gasteiger partial charge in [0.05, 0.1) is 12.6 Å². The fraction of sp³-hybridized carbons (Fsp3) is 0.812. The molecule has 8 nitrogen and oxygen atoms in total. The highest BCUT2D eigenvalue weighted by Crippen LogP contribution is 2.19. The van der Waals surface area contributed by atoms with Crippen LogP contribution in [0.1, 0.15) is 31.5 Å². The van der Waals surface area contributed by atoms with Crippen molar-refractivity contribution in [3.63, 3.8) is 0 Å². The molecule has 1 amide bonds. The maximum absolute atomic E-state index is 12.6. The van der Waals surface area contributed by atoms with Crippen molar-refractivity contribution in [1.29, 1.82) is 0 Å². The standard InChI is InChI=1S/C16H27N5O3.2ClH/c1-2-14-18-13(19-24-14)11-20-5-7-21(8-6-20)16(22)15(17)12-3-9-23-10-4-12;;/h12,15H,2-11,17H2,1H3;2*1H. The molecule has 0 saturated carbocycles. The molecule has 3 heterocycles. The van der Waals surface area contributed by atoms with Gasteiger partial charge in [0.25, 0.3) is 0 Å². The number of piperazine rings is 1. The van der Waals surface area contributed by atoms with Crippen molar-refractivity contribution in [1.82, 2.24) is 19.9 Å². The minimum absolute atomic E-state index is 0. The van der Waals surface area contributed by atoms with E-state index in [2.05, 4.69) is 15.0 Å². The first-order valence-corrected chi connectivity index (χ1v) is 8.83. The van der Waals surface area contributed by atoms with Crippen molar-refractivity contribution in [2.45, 2.75) is 38.8 Å². The molecule has 2 fully saturated rings. The Kier molecular flexibility index (Phi) is 9.81. The van der Waals surface area contributed by atoms with Crippen LogP contribution < -0.4 is 5.73 Å². The van der Waals surface area contributed by atoms with Crippen LogP contribution in [0.2, 0.25) is 0 Å². The first-order chi connectivity index (χ1) is 11.7. The lowest BCUT2D eigenvalue weighted by molar-refractivity contribution is -0.136. The number of rotatable bonds is 5. The molecular weight excluding hydrogens is 381 g/mol. The molecule has 0 radical (unpaired) electrons. The summed E-state index contributed by atoms with van der Waals surface area (Å²) in [6.45, 7) is 7.10. The summed E-state index contributed by atoms with van der Waals surface area (Å²) in [5.74, 6) is 1.71. The normalized spacial score (nSPS) is 20.2. The van der Waals surface area contributed by atoms with Gasteiger partial charge < -0.3 is 19.9 Å². The average Bonchev–Trinajstić information content (AvgIpc) is 3.09. The van der Waals surface area contributed by atoms with Crippen molar-refractivity contribution in [2.75, 3.05) is 39.4 Å². The highest BCUT2D eigenvalue weighted by Gasteiger charge is 2.31. The van der Waals surface area contributed by atoms with Crippen LogP contribution in [0.4, 0.5) is 0 Å². The molecule has 10 heteroatoms. The Balaban J connectivity index is 0.00000169. The summed E-state index contributed by atoms with van der Waals surface area (Å²) < 4.78 is 10.5. The monoisotopic (exact) mass is 409 g/mol. The number of aryl methyl sites for hydroxylation is 1. The minimum atomic E-state index is -0.398. The van der Waals surface area contributed by atoms with E-state index in [1.807, 2.05) is 11.8 Å². The molecule has 1 aromatic rings. The molecule has 2 aliphatic rings.